The predicted molar refractivity (Wildman–Crippen MR) is 70.0 cm³/mol. The average Bonchev–Trinajstić information content (AvgIpc) is 2.23. The van der Waals surface area contributed by atoms with Crippen molar-refractivity contribution in [1.29, 1.82) is 0 Å². The van der Waals surface area contributed by atoms with E-state index in [1.54, 1.807) is 12.1 Å². The molecule has 0 aliphatic rings. The maximum Gasteiger partial charge on any atom is 0.315 e. The van der Waals surface area contributed by atoms with Crippen LogP contribution in [0.5, 0.6) is 0 Å². The number of hydrogen-bond acceptors (Lipinski definition) is 1. The number of carbonyl (C=O) groups excluding carboxylic acids is 1. The zero-order valence-corrected chi connectivity index (χ0v) is 10.6. The highest BCUT2D eigenvalue weighted by atomic mass is 35.5. The van der Waals surface area contributed by atoms with Crippen LogP contribution in [0.25, 0.3) is 0 Å². The van der Waals surface area contributed by atoms with Crippen LogP contribution in [0, 0.1) is 11.8 Å². The number of benzene rings is 1. The van der Waals surface area contributed by atoms with Crippen LogP contribution in [-0.2, 0) is 0 Å². The summed E-state index contributed by atoms with van der Waals surface area (Å²) in [5.74, 6) is 5.77. The highest BCUT2D eigenvalue weighted by Gasteiger charge is 1.98. The van der Waals surface area contributed by atoms with Gasteiger partial charge in [0.25, 0.3) is 0 Å². The molecule has 0 fully saturated rings. The van der Waals surface area contributed by atoms with Gasteiger partial charge in [-0.25, -0.2) is 4.79 Å². The Morgan fingerprint density at radius 1 is 1.47 bits per heavy atom. The third-order valence-corrected chi connectivity index (χ3v) is 2.05. The minimum absolute atomic E-state index is 0.121. The number of hydrogen-bond donors (Lipinski definition) is 2. The molecule has 1 rings (SSSR count). The van der Waals surface area contributed by atoms with E-state index in [0.717, 1.165) is 5.56 Å². The lowest BCUT2D eigenvalue weighted by Crippen LogP contribution is -2.39. The number of carbonyl (C=O) groups is 1. The minimum Gasteiger partial charge on any atom is -0.336 e. The van der Waals surface area contributed by atoms with Crippen LogP contribution in [0.2, 0.25) is 5.02 Å². The van der Waals surface area contributed by atoms with Gasteiger partial charge < -0.3 is 10.6 Å². The van der Waals surface area contributed by atoms with Crippen LogP contribution >= 0.6 is 11.6 Å². The zero-order chi connectivity index (χ0) is 12.7. The standard InChI is InChI=1S/C13H15ClN2O/c1-10(2)16-13(17)15-8-4-6-11-5-3-7-12(14)9-11/h3,5,7,9-10H,8H2,1-2H3,(H2,15,16,17). The molecule has 3 nitrogen and oxygen atoms in total. The second-order valence-corrected chi connectivity index (χ2v) is 4.23. The SMILES string of the molecule is CC(C)NC(=O)NCC#Cc1cccc(Cl)c1. The number of amides is 2. The molecule has 0 aliphatic carbocycles. The summed E-state index contributed by atoms with van der Waals surface area (Å²) in [6, 6.07) is 7.19. The summed E-state index contributed by atoms with van der Waals surface area (Å²) in [5, 5.41) is 6.01. The predicted octanol–water partition coefficient (Wildman–Crippen LogP) is 2.40. The van der Waals surface area contributed by atoms with E-state index in [9.17, 15) is 4.79 Å². The first kappa shape index (κ1) is 13.4. The molecule has 4 heteroatoms. The van der Waals surface area contributed by atoms with Crippen LogP contribution in [0.3, 0.4) is 0 Å². The van der Waals surface area contributed by atoms with Gasteiger partial charge in [-0.1, -0.05) is 29.5 Å². The maximum atomic E-state index is 11.2. The van der Waals surface area contributed by atoms with Crippen molar-refractivity contribution in [2.24, 2.45) is 0 Å². The Bertz CT molecular complexity index is 446. The van der Waals surface area contributed by atoms with Crippen LogP contribution < -0.4 is 10.6 Å². The van der Waals surface area contributed by atoms with Crippen molar-refractivity contribution in [3.8, 4) is 11.8 Å². The normalized spacial score (nSPS) is 9.41. The maximum absolute atomic E-state index is 11.2. The van der Waals surface area contributed by atoms with Crippen molar-refractivity contribution in [2.75, 3.05) is 6.54 Å². The first-order valence-corrected chi connectivity index (χ1v) is 5.74. The molecule has 2 N–H and O–H groups in total. The van der Waals surface area contributed by atoms with E-state index < -0.39 is 0 Å². The molecular formula is C13H15ClN2O. The topological polar surface area (TPSA) is 41.1 Å². The number of urea groups is 1. The lowest BCUT2D eigenvalue weighted by molar-refractivity contribution is 0.240. The van der Waals surface area contributed by atoms with Gasteiger partial charge in [0.2, 0.25) is 0 Å². The molecule has 0 aromatic heterocycles. The van der Waals surface area contributed by atoms with Crippen LogP contribution in [0.15, 0.2) is 24.3 Å². The Hall–Kier alpha value is -1.66. The first-order valence-electron chi connectivity index (χ1n) is 5.36. The summed E-state index contributed by atoms with van der Waals surface area (Å²) >= 11 is 5.82. The van der Waals surface area contributed by atoms with Gasteiger partial charge in [0.15, 0.2) is 0 Å². The lowest BCUT2D eigenvalue weighted by atomic mass is 10.2. The van der Waals surface area contributed by atoms with Gasteiger partial charge in [-0.15, -0.1) is 0 Å². The Morgan fingerprint density at radius 3 is 2.88 bits per heavy atom. The summed E-state index contributed by atoms with van der Waals surface area (Å²) in [4.78, 5) is 11.2. The molecule has 90 valence electrons. The van der Waals surface area contributed by atoms with Gasteiger partial charge in [-0.2, -0.15) is 0 Å². The van der Waals surface area contributed by atoms with E-state index in [4.69, 9.17) is 11.6 Å². The highest BCUT2D eigenvalue weighted by Crippen LogP contribution is 2.08. The van der Waals surface area contributed by atoms with E-state index in [-0.39, 0.29) is 12.1 Å². The molecule has 17 heavy (non-hydrogen) atoms. The molecule has 0 saturated carbocycles. The number of halogens is 1. The van der Waals surface area contributed by atoms with Gasteiger partial charge in [-0.05, 0) is 32.0 Å². The fourth-order valence-corrected chi connectivity index (χ4v) is 1.34. The summed E-state index contributed by atoms with van der Waals surface area (Å²) in [5.41, 5.74) is 0.837. The number of rotatable bonds is 2. The number of nitrogens with one attached hydrogen (secondary N) is 2. The molecule has 0 spiro atoms. The molecule has 0 atom stereocenters. The molecule has 0 saturated heterocycles. The molecule has 0 bridgehead atoms. The molecule has 0 aliphatic heterocycles. The summed E-state index contributed by atoms with van der Waals surface area (Å²) < 4.78 is 0. The van der Waals surface area contributed by atoms with Gasteiger partial charge >= 0.3 is 6.03 Å². The lowest BCUT2D eigenvalue weighted by Gasteiger charge is -2.07. The monoisotopic (exact) mass is 250 g/mol. The Kier molecular flexibility index (Phi) is 5.38. The highest BCUT2D eigenvalue weighted by molar-refractivity contribution is 6.30. The van der Waals surface area contributed by atoms with Gasteiger partial charge in [-0.3, -0.25) is 0 Å². The first-order chi connectivity index (χ1) is 8.08. The third kappa shape index (κ3) is 5.84. The quantitative estimate of drug-likeness (QED) is 0.778. The summed E-state index contributed by atoms with van der Waals surface area (Å²) in [6.07, 6.45) is 0. The van der Waals surface area contributed by atoms with Crippen molar-refractivity contribution in [3.05, 3.63) is 34.9 Å². The van der Waals surface area contributed by atoms with Crippen LogP contribution in [0.1, 0.15) is 19.4 Å². The summed E-state index contributed by atoms with van der Waals surface area (Å²) in [6.45, 7) is 4.11. The Balaban J connectivity index is 2.39. The molecular weight excluding hydrogens is 236 g/mol. The molecule has 1 aromatic carbocycles. The van der Waals surface area contributed by atoms with Crippen molar-refractivity contribution in [1.82, 2.24) is 10.6 Å². The third-order valence-electron chi connectivity index (χ3n) is 1.81. The van der Waals surface area contributed by atoms with Gasteiger partial charge in [0, 0.05) is 16.6 Å². The van der Waals surface area contributed by atoms with Crippen molar-refractivity contribution in [2.45, 2.75) is 19.9 Å². The fourth-order valence-electron chi connectivity index (χ4n) is 1.15. The second kappa shape index (κ2) is 6.82. The van der Waals surface area contributed by atoms with E-state index in [2.05, 4.69) is 22.5 Å². The molecule has 0 unspecified atom stereocenters. The summed E-state index contributed by atoms with van der Waals surface area (Å²) in [7, 11) is 0. The van der Waals surface area contributed by atoms with Crippen LogP contribution in [-0.4, -0.2) is 18.6 Å². The molecule has 2 amide bonds. The Labute approximate surface area is 107 Å². The smallest absolute Gasteiger partial charge is 0.315 e. The zero-order valence-electron chi connectivity index (χ0n) is 9.88. The van der Waals surface area contributed by atoms with E-state index >= 15 is 0 Å². The Morgan fingerprint density at radius 2 is 2.24 bits per heavy atom. The fraction of sp³-hybridized carbons (Fsp3) is 0.308. The van der Waals surface area contributed by atoms with Gasteiger partial charge in [0.05, 0.1) is 6.54 Å². The minimum atomic E-state index is -0.208. The van der Waals surface area contributed by atoms with E-state index in [1.807, 2.05) is 26.0 Å². The molecule has 0 radical (unpaired) electrons. The van der Waals surface area contributed by atoms with Gasteiger partial charge in [0.1, 0.15) is 0 Å². The largest absolute Gasteiger partial charge is 0.336 e. The molecule has 0 heterocycles. The average molecular weight is 251 g/mol. The molecule has 1 aromatic rings. The van der Waals surface area contributed by atoms with E-state index in [0.29, 0.717) is 11.6 Å². The second-order valence-electron chi connectivity index (χ2n) is 3.79. The van der Waals surface area contributed by atoms with Crippen molar-refractivity contribution in [3.63, 3.8) is 0 Å². The van der Waals surface area contributed by atoms with Crippen LogP contribution in [0.4, 0.5) is 4.79 Å². The van der Waals surface area contributed by atoms with Crippen molar-refractivity contribution >= 4 is 17.6 Å². The van der Waals surface area contributed by atoms with E-state index in [1.165, 1.54) is 0 Å². The van der Waals surface area contributed by atoms with Crippen molar-refractivity contribution < 1.29 is 4.79 Å².